The summed E-state index contributed by atoms with van der Waals surface area (Å²) in [6.07, 6.45) is 6.02. The molecule has 1 saturated carbocycles. The Kier molecular flexibility index (Phi) is 4.16. The molecule has 0 spiro atoms. The van der Waals surface area contributed by atoms with Crippen LogP contribution in [0.3, 0.4) is 0 Å². The Bertz CT molecular complexity index is 336. The van der Waals surface area contributed by atoms with Gasteiger partial charge in [0.1, 0.15) is 6.29 Å². The highest BCUT2D eigenvalue weighted by molar-refractivity contribution is 9.09. The average Bonchev–Trinajstić information content (AvgIpc) is 2.34. The van der Waals surface area contributed by atoms with E-state index >= 15 is 0 Å². The molecule has 1 aliphatic carbocycles. The molecule has 1 nitrogen and oxygen atoms in total. The lowest BCUT2D eigenvalue weighted by atomic mass is 9.77. The van der Waals surface area contributed by atoms with Gasteiger partial charge in [-0.15, -0.1) is 0 Å². The number of hydrogen-bond acceptors (Lipinski definition) is 1. The molecule has 2 rings (SSSR count). The molecule has 1 aliphatic rings. The topological polar surface area (TPSA) is 17.1 Å². The fourth-order valence-electron chi connectivity index (χ4n) is 2.62. The van der Waals surface area contributed by atoms with E-state index in [1.165, 1.54) is 19.3 Å². The molecule has 0 saturated heterocycles. The van der Waals surface area contributed by atoms with Crippen molar-refractivity contribution >= 4 is 22.2 Å². The molecular weight excluding hydrogens is 264 g/mol. The first-order valence-corrected chi connectivity index (χ1v) is 6.89. The highest BCUT2D eigenvalue weighted by atomic mass is 79.9. The quantitative estimate of drug-likeness (QED) is 0.606. The monoisotopic (exact) mass is 280 g/mol. The predicted molar refractivity (Wildman–Crippen MR) is 69.9 cm³/mol. The first-order valence-electron chi connectivity index (χ1n) is 5.97. The van der Waals surface area contributed by atoms with Crippen molar-refractivity contribution in [1.29, 1.82) is 0 Å². The van der Waals surface area contributed by atoms with E-state index in [4.69, 9.17) is 0 Å². The highest BCUT2D eigenvalue weighted by Gasteiger charge is 2.30. The molecule has 86 valence electrons. The summed E-state index contributed by atoms with van der Waals surface area (Å²) in [6.45, 7) is 0. The first kappa shape index (κ1) is 11.8. The van der Waals surface area contributed by atoms with E-state index in [1.807, 2.05) is 18.2 Å². The number of hydrogen-bond donors (Lipinski definition) is 0. The summed E-state index contributed by atoms with van der Waals surface area (Å²) in [4.78, 5) is 11.8. The van der Waals surface area contributed by atoms with Crippen LogP contribution in [0.4, 0.5) is 0 Å². The summed E-state index contributed by atoms with van der Waals surface area (Å²) in [6, 6.07) is 10.1. The van der Waals surface area contributed by atoms with Crippen molar-refractivity contribution in [2.75, 3.05) is 0 Å². The van der Waals surface area contributed by atoms with Gasteiger partial charge in [-0.1, -0.05) is 59.1 Å². The standard InChI is InChI=1S/C14H17BrO/c15-14-9-5-4-8-12(14)13(10-16)11-6-2-1-3-7-11/h1-3,6-7,10,12-14H,4-5,8-9H2. The zero-order valence-corrected chi connectivity index (χ0v) is 10.9. The van der Waals surface area contributed by atoms with Gasteiger partial charge in [0.05, 0.1) is 0 Å². The predicted octanol–water partition coefficient (Wildman–Crippen LogP) is 3.92. The Balaban J connectivity index is 2.18. The Morgan fingerprint density at radius 3 is 2.50 bits per heavy atom. The Morgan fingerprint density at radius 1 is 1.19 bits per heavy atom. The lowest BCUT2D eigenvalue weighted by Gasteiger charge is -2.31. The van der Waals surface area contributed by atoms with E-state index in [0.29, 0.717) is 10.7 Å². The van der Waals surface area contributed by atoms with Crippen LogP contribution in [0.15, 0.2) is 30.3 Å². The van der Waals surface area contributed by atoms with E-state index < -0.39 is 0 Å². The average molecular weight is 281 g/mol. The maximum absolute atomic E-state index is 11.3. The Hall–Kier alpha value is -0.630. The smallest absolute Gasteiger partial charge is 0.127 e. The lowest BCUT2D eigenvalue weighted by Crippen LogP contribution is -2.26. The zero-order valence-electron chi connectivity index (χ0n) is 9.31. The molecule has 0 heterocycles. The minimum absolute atomic E-state index is 0.0610. The summed E-state index contributed by atoms with van der Waals surface area (Å²) in [5.74, 6) is 0.527. The second kappa shape index (κ2) is 5.62. The number of rotatable bonds is 3. The van der Waals surface area contributed by atoms with Crippen LogP contribution < -0.4 is 0 Å². The molecule has 0 aliphatic heterocycles. The number of halogens is 1. The summed E-state index contributed by atoms with van der Waals surface area (Å²) in [7, 11) is 0. The third-order valence-corrected chi connectivity index (χ3v) is 4.66. The number of carbonyl (C=O) groups is 1. The summed E-state index contributed by atoms with van der Waals surface area (Å²) < 4.78 is 0. The second-order valence-corrected chi connectivity index (χ2v) is 5.71. The molecule has 3 atom stereocenters. The van der Waals surface area contributed by atoms with Crippen LogP contribution in [0.1, 0.15) is 37.2 Å². The molecule has 1 aromatic carbocycles. The summed E-state index contributed by atoms with van der Waals surface area (Å²) in [5.41, 5.74) is 1.16. The molecule has 0 bridgehead atoms. The van der Waals surface area contributed by atoms with Gasteiger partial charge in [0.15, 0.2) is 0 Å². The van der Waals surface area contributed by atoms with Gasteiger partial charge in [0.2, 0.25) is 0 Å². The molecule has 1 fully saturated rings. The minimum Gasteiger partial charge on any atom is -0.303 e. The van der Waals surface area contributed by atoms with Crippen LogP contribution in [0.25, 0.3) is 0 Å². The number of aldehydes is 1. The van der Waals surface area contributed by atoms with Gasteiger partial charge in [-0.25, -0.2) is 0 Å². The molecule has 16 heavy (non-hydrogen) atoms. The van der Waals surface area contributed by atoms with Crippen molar-refractivity contribution in [3.8, 4) is 0 Å². The third-order valence-electron chi connectivity index (χ3n) is 3.52. The van der Waals surface area contributed by atoms with E-state index in [9.17, 15) is 4.79 Å². The lowest BCUT2D eigenvalue weighted by molar-refractivity contribution is -0.110. The van der Waals surface area contributed by atoms with Crippen molar-refractivity contribution in [2.24, 2.45) is 5.92 Å². The van der Waals surface area contributed by atoms with Gasteiger partial charge in [-0.2, -0.15) is 0 Å². The molecule has 0 aromatic heterocycles. The largest absolute Gasteiger partial charge is 0.303 e. The third kappa shape index (κ3) is 2.54. The summed E-state index contributed by atoms with van der Waals surface area (Å²) in [5, 5.41) is 0. The molecule has 0 N–H and O–H groups in total. The van der Waals surface area contributed by atoms with Crippen LogP contribution in [-0.4, -0.2) is 11.1 Å². The Labute approximate surface area is 105 Å². The molecule has 0 radical (unpaired) electrons. The van der Waals surface area contributed by atoms with Crippen LogP contribution in [-0.2, 0) is 4.79 Å². The van der Waals surface area contributed by atoms with Crippen molar-refractivity contribution in [3.63, 3.8) is 0 Å². The fourth-order valence-corrected chi connectivity index (χ4v) is 3.54. The van der Waals surface area contributed by atoms with Gasteiger partial charge in [0.25, 0.3) is 0 Å². The van der Waals surface area contributed by atoms with Crippen LogP contribution in [0.5, 0.6) is 0 Å². The summed E-state index contributed by atoms with van der Waals surface area (Å²) >= 11 is 3.73. The number of carbonyl (C=O) groups excluding carboxylic acids is 1. The molecule has 0 amide bonds. The van der Waals surface area contributed by atoms with E-state index in [0.717, 1.165) is 18.3 Å². The van der Waals surface area contributed by atoms with Crippen LogP contribution in [0.2, 0.25) is 0 Å². The normalized spacial score (nSPS) is 27.3. The minimum atomic E-state index is 0.0610. The maximum atomic E-state index is 11.3. The number of benzene rings is 1. The van der Waals surface area contributed by atoms with Gasteiger partial charge < -0.3 is 4.79 Å². The van der Waals surface area contributed by atoms with Crippen molar-refractivity contribution in [1.82, 2.24) is 0 Å². The van der Waals surface area contributed by atoms with Crippen LogP contribution in [0, 0.1) is 5.92 Å². The zero-order chi connectivity index (χ0) is 11.4. The molecule has 2 heteroatoms. The molecule has 3 unspecified atom stereocenters. The maximum Gasteiger partial charge on any atom is 0.127 e. The van der Waals surface area contributed by atoms with Gasteiger partial charge in [0, 0.05) is 10.7 Å². The van der Waals surface area contributed by atoms with E-state index in [-0.39, 0.29) is 5.92 Å². The van der Waals surface area contributed by atoms with Crippen molar-refractivity contribution in [3.05, 3.63) is 35.9 Å². The molecular formula is C14H17BrO. The fraction of sp³-hybridized carbons (Fsp3) is 0.500. The van der Waals surface area contributed by atoms with Crippen molar-refractivity contribution < 1.29 is 4.79 Å². The van der Waals surface area contributed by atoms with Gasteiger partial charge >= 0.3 is 0 Å². The van der Waals surface area contributed by atoms with Gasteiger partial charge in [-0.05, 0) is 24.3 Å². The molecule has 1 aromatic rings. The Morgan fingerprint density at radius 2 is 1.88 bits per heavy atom. The van der Waals surface area contributed by atoms with Crippen molar-refractivity contribution in [2.45, 2.75) is 36.4 Å². The highest BCUT2D eigenvalue weighted by Crippen LogP contribution is 2.38. The number of alkyl halides is 1. The first-order chi connectivity index (χ1) is 7.83. The SMILES string of the molecule is O=CC(c1ccccc1)C1CCCCC1Br. The van der Waals surface area contributed by atoms with E-state index in [2.05, 4.69) is 28.1 Å². The van der Waals surface area contributed by atoms with E-state index in [1.54, 1.807) is 0 Å². The van der Waals surface area contributed by atoms with Crippen LogP contribution >= 0.6 is 15.9 Å². The van der Waals surface area contributed by atoms with Gasteiger partial charge in [-0.3, -0.25) is 0 Å². The second-order valence-electron chi connectivity index (χ2n) is 4.54.